The van der Waals surface area contributed by atoms with Gasteiger partial charge in [-0.2, -0.15) is 0 Å². The molecule has 0 aliphatic rings. The molecule has 3 aromatic rings. The van der Waals surface area contributed by atoms with E-state index in [1.807, 2.05) is 36.4 Å². The van der Waals surface area contributed by atoms with Crippen LogP contribution in [0.15, 0.2) is 84.9 Å². The smallest absolute Gasteiger partial charge is 0.0790 e. The van der Waals surface area contributed by atoms with Crippen molar-refractivity contribution in [1.82, 2.24) is 0 Å². The molecule has 0 amide bonds. The second-order valence-electron chi connectivity index (χ2n) is 7.45. The second-order valence-corrected chi connectivity index (χ2v) is 7.45. The van der Waals surface area contributed by atoms with Crippen LogP contribution in [0.5, 0.6) is 0 Å². The van der Waals surface area contributed by atoms with Crippen molar-refractivity contribution >= 4 is 0 Å². The maximum Gasteiger partial charge on any atom is 0.0790 e. The molecule has 0 bridgehead atoms. The summed E-state index contributed by atoms with van der Waals surface area (Å²) in [6.45, 7) is 0. The summed E-state index contributed by atoms with van der Waals surface area (Å²) in [7, 11) is 0. The molecule has 0 heterocycles. The Kier molecular flexibility index (Phi) is 7.83. The van der Waals surface area contributed by atoms with Crippen LogP contribution in [0.3, 0.4) is 0 Å². The molecule has 0 saturated heterocycles. The van der Waals surface area contributed by atoms with E-state index in [4.69, 9.17) is 0 Å². The summed E-state index contributed by atoms with van der Waals surface area (Å²) in [6.07, 6.45) is 4.46. The molecule has 0 aliphatic carbocycles. The number of aliphatic hydroxyl groups excluding tert-OH is 2. The van der Waals surface area contributed by atoms with Crippen molar-refractivity contribution in [2.24, 2.45) is 0 Å². The van der Waals surface area contributed by atoms with E-state index in [9.17, 15) is 10.2 Å². The van der Waals surface area contributed by atoms with Gasteiger partial charge in [0.15, 0.2) is 0 Å². The summed E-state index contributed by atoms with van der Waals surface area (Å²) in [4.78, 5) is 0. The van der Waals surface area contributed by atoms with Gasteiger partial charge in [-0.15, -0.1) is 0 Å². The predicted octanol–water partition coefficient (Wildman–Crippen LogP) is 5.80. The molecule has 0 saturated carbocycles. The summed E-state index contributed by atoms with van der Waals surface area (Å²) in [5.41, 5.74) is 4.47. The Hall–Kier alpha value is -2.42. The van der Waals surface area contributed by atoms with E-state index in [-0.39, 0.29) is 0 Å². The molecular weight excluding hydrogens is 344 g/mol. The molecule has 28 heavy (non-hydrogen) atoms. The molecule has 0 fully saturated rings. The van der Waals surface area contributed by atoms with Crippen molar-refractivity contribution in [3.8, 4) is 0 Å². The quantitative estimate of drug-likeness (QED) is 0.471. The number of rotatable bonds is 10. The molecular formula is C26H30O2. The zero-order chi connectivity index (χ0) is 19.6. The maximum absolute atomic E-state index is 10.4. The van der Waals surface area contributed by atoms with Crippen LogP contribution in [0.25, 0.3) is 0 Å². The van der Waals surface area contributed by atoms with Gasteiger partial charge in [-0.3, -0.25) is 0 Å². The van der Waals surface area contributed by atoms with Crippen LogP contribution >= 0.6 is 0 Å². The molecule has 0 aromatic heterocycles. The normalized spacial score (nSPS) is 13.2. The van der Waals surface area contributed by atoms with E-state index in [1.54, 1.807) is 0 Å². The highest BCUT2D eigenvalue weighted by Gasteiger charge is 2.11. The van der Waals surface area contributed by atoms with Crippen LogP contribution in [0.1, 0.15) is 60.1 Å². The monoisotopic (exact) mass is 374 g/mol. The Morgan fingerprint density at radius 3 is 1.21 bits per heavy atom. The topological polar surface area (TPSA) is 40.5 Å². The Labute approximate surface area is 168 Å². The van der Waals surface area contributed by atoms with E-state index in [2.05, 4.69) is 48.5 Å². The second kappa shape index (κ2) is 10.8. The van der Waals surface area contributed by atoms with Gasteiger partial charge in [0.1, 0.15) is 0 Å². The third kappa shape index (κ3) is 6.33. The van der Waals surface area contributed by atoms with E-state index < -0.39 is 12.2 Å². The lowest BCUT2D eigenvalue weighted by Gasteiger charge is -2.14. The van der Waals surface area contributed by atoms with Gasteiger partial charge in [-0.25, -0.2) is 0 Å². The Bertz CT molecular complexity index is 726. The third-order valence-corrected chi connectivity index (χ3v) is 5.28. The first-order valence-electron chi connectivity index (χ1n) is 10.3. The van der Waals surface area contributed by atoms with Gasteiger partial charge in [0.05, 0.1) is 12.2 Å². The maximum atomic E-state index is 10.4. The van der Waals surface area contributed by atoms with Crippen LogP contribution in [0, 0.1) is 0 Å². The molecule has 2 heteroatoms. The highest BCUT2D eigenvalue weighted by molar-refractivity contribution is 5.26. The van der Waals surface area contributed by atoms with Crippen molar-refractivity contribution in [3.05, 3.63) is 107 Å². The molecule has 0 spiro atoms. The van der Waals surface area contributed by atoms with Crippen LogP contribution in [-0.4, -0.2) is 10.2 Å². The first-order valence-corrected chi connectivity index (χ1v) is 10.3. The van der Waals surface area contributed by atoms with E-state index >= 15 is 0 Å². The van der Waals surface area contributed by atoms with Crippen LogP contribution in [0.2, 0.25) is 0 Å². The Morgan fingerprint density at radius 1 is 0.500 bits per heavy atom. The number of benzene rings is 3. The number of aryl methyl sites for hydroxylation is 2. The first kappa shape index (κ1) is 20.3. The summed E-state index contributed by atoms with van der Waals surface area (Å²) in [6, 6.07) is 28.5. The molecule has 3 rings (SSSR count). The van der Waals surface area contributed by atoms with E-state index in [0.717, 1.165) is 49.7 Å². The molecule has 0 aliphatic heterocycles. The average Bonchev–Trinajstić information content (AvgIpc) is 2.75. The van der Waals surface area contributed by atoms with Gasteiger partial charge in [0, 0.05) is 0 Å². The van der Waals surface area contributed by atoms with Crippen molar-refractivity contribution in [2.75, 3.05) is 0 Å². The minimum Gasteiger partial charge on any atom is -0.388 e. The highest BCUT2D eigenvalue weighted by Crippen LogP contribution is 2.24. The largest absolute Gasteiger partial charge is 0.388 e. The number of aliphatic hydroxyl groups is 2. The lowest BCUT2D eigenvalue weighted by atomic mass is 9.97. The summed E-state index contributed by atoms with van der Waals surface area (Å²) < 4.78 is 0. The molecule has 2 atom stereocenters. The fourth-order valence-electron chi connectivity index (χ4n) is 3.56. The van der Waals surface area contributed by atoms with Crippen molar-refractivity contribution in [3.63, 3.8) is 0 Å². The Balaban J connectivity index is 1.42. The van der Waals surface area contributed by atoms with Gasteiger partial charge in [0.2, 0.25) is 0 Å². The molecule has 2 N–H and O–H groups in total. The van der Waals surface area contributed by atoms with Gasteiger partial charge in [-0.05, 0) is 60.8 Å². The summed E-state index contributed by atoms with van der Waals surface area (Å²) in [5.74, 6) is 0. The van der Waals surface area contributed by atoms with Crippen molar-refractivity contribution in [2.45, 2.75) is 50.7 Å². The SMILES string of the molecule is OC(CCCc1ccccc1)c1ccc(C(O)CCCc2ccccc2)cc1. The molecule has 2 unspecified atom stereocenters. The highest BCUT2D eigenvalue weighted by atomic mass is 16.3. The third-order valence-electron chi connectivity index (χ3n) is 5.28. The van der Waals surface area contributed by atoms with Gasteiger partial charge in [-0.1, -0.05) is 84.9 Å². The van der Waals surface area contributed by atoms with E-state index in [1.165, 1.54) is 11.1 Å². The summed E-state index contributed by atoms with van der Waals surface area (Å²) >= 11 is 0. The molecule has 0 radical (unpaired) electrons. The molecule has 146 valence electrons. The van der Waals surface area contributed by atoms with Crippen LogP contribution in [0.4, 0.5) is 0 Å². The number of hydrogen-bond donors (Lipinski definition) is 2. The fraction of sp³-hybridized carbons (Fsp3) is 0.308. The van der Waals surface area contributed by atoms with Gasteiger partial charge in [0.25, 0.3) is 0 Å². The lowest BCUT2D eigenvalue weighted by Crippen LogP contribution is -2.02. The van der Waals surface area contributed by atoms with Crippen LogP contribution < -0.4 is 0 Å². The van der Waals surface area contributed by atoms with Crippen molar-refractivity contribution in [1.29, 1.82) is 0 Å². The molecule has 2 nitrogen and oxygen atoms in total. The van der Waals surface area contributed by atoms with Crippen LogP contribution in [-0.2, 0) is 12.8 Å². The zero-order valence-electron chi connectivity index (χ0n) is 16.4. The molecule has 3 aromatic carbocycles. The predicted molar refractivity (Wildman–Crippen MR) is 115 cm³/mol. The van der Waals surface area contributed by atoms with Gasteiger partial charge < -0.3 is 10.2 Å². The first-order chi connectivity index (χ1) is 13.7. The minimum absolute atomic E-state index is 0.451. The average molecular weight is 375 g/mol. The Morgan fingerprint density at radius 2 is 0.857 bits per heavy atom. The van der Waals surface area contributed by atoms with E-state index in [0.29, 0.717) is 0 Å². The van der Waals surface area contributed by atoms with Gasteiger partial charge >= 0.3 is 0 Å². The fourth-order valence-corrected chi connectivity index (χ4v) is 3.56. The number of hydrogen-bond acceptors (Lipinski definition) is 2. The minimum atomic E-state index is -0.451. The zero-order valence-corrected chi connectivity index (χ0v) is 16.4. The lowest BCUT2D eigenvalue weighted by molar-refractivity contribution is 0.161. The summed E-state index contributed by atoms with van der Waals surface area (Å²) in [5, 5.41) is 20.9. The standard InChI is InChI=1S/C26H30O2/c27-25(15-7-13-21-9-3-1-4-10-21)23-17-19-24(20-18-23)26(28)16-8-14-22-11-5-2-6-12-22/h1-6,9-12,17-20,25-28H,7-8,13-16H2. The van der Waals surface area contributed by atoms with Crippen molar-refractivity contribution < 1.29 is 10.2 Å².